The van der Waals surface area contributed by atoms with Gasteiger partial charge in [0.25, 0.3) is 5.56 Å². The molecule has 6 heteroatoms. The van der Waals surface area contributed by atoms with Gasteiger partial charge < -0.3 is 4.74 Å². The van der Waals surface area contributed by atoms with Crippen LogP contribution in [0.3, 0.4) is 0 Å². The number of methoxy groups -OCH3 is 1. The second kappa shape index (κ2) is 8.61. The third-order valence-electron chi connectivity index (χ3n) is 4.89. The van der Waals surface area contributed by atoms with Crippen molar-refractivity contribution in [2.45, 2.75) is 43.5 Å². The highest BCUT2D eigenvalue weighted by Gasteiger charge is 2.20. The Labute approximate surface area is 168 Å². The molecule has 28 heavy (non-hydrogen) atoms. The molecule has 2 atom stereocenters. The highest BCUT2D eigenvalue weighted by molar-refractivity contribution is 8.00. The van der Waals surface area contributed by atoms with Crippen molar-refractivity contribution in [3.05, 3.63) is 64.4 Å². The normalized spacial score (nSPS) is 13.3. The van der Waals surface area contributed by atoms with Crippen molar-refractivity contribution in [2.24, 2.45) is 0 Å². The Kier molecular flexibility index (Phi) is 6.19. The zero-order valence-corrected chi connectivity index (χ0v) is 17.3. The Morgan fingerprint density at radius 1 is 1.14 bits per heavy atom. The summed E-state index contributed by atoms with van der Waals surface area (Å²) < 4.78 is 6.40. The fraction of sp³-hybridized carbons (Fsp3) is 0.318. The molecule has 0 saturated heterocycles. The number of benzene rings is 2. The van der Waals surface area contributed by atoms with Crippen molar-refractivity contribution in [1.29, 1.82) is 0 Å². The average molecular weight is 397 g/mol. The summed E-state index contributed by atoms with van der Waals surface area (Å²) in [6.07, 6.45) is 1.05. The SMILES string of the molecule is CC[C@H](C)c1ccc(-n2c(S[C@@H](C)C(=O)OC)nc3ccccc3c2=O)cc1. The third-order valence-corrected chi connectivity index (χ3v) is 5.92. The molecule has 3 aromatic rings. The van der Waals surface area contributed by atoms with Crippen LogP contribution < -0.4 is 5.56 Å². The number of rotatable bonds is 6. The summed E-state index contributed by atoms with van der Waals surface area (Å²) in [6.45, 7) is 6.07. The Hall–Kier alpha value is -2.60. The molecule has 0 radical (unpaired) electrons. The molecule has 0 amide bonds. The molecular formula is C22H24N2O3S. The molecule has 0 aliphatic carbocycles. The zero-order chi connectivity index (χ0) is 20.3. The number of esters is 1. The van der Waals surface area contributed by atoms with Crippen LogP contribution >= 0.6 is 11.8 Å². The summed E-state index contributed by atoms with van der Waals surface area (Å²) in [5, 5.41) is 0.533. The first kappa shape index (κ1) is 20.1. The van der Waals surface area contributed by atoms with Crippen molar-refractivity contribution in [2.75, 3.05) is 7.11 Å². The van der Waals surface area contributed by atoms with Gasteiger partial charge in [0.15, 0.2) is 5.16 Å². The van der Waals surface area contributed by atoms with Crippen LogP contribution in [-0.4, -0.2) is 27.9 Å². The molecule has 0 bridgehead atoms. The lowest BCUT2D eigenvalue weighted by molar-refractivity contribution is -0.139. The van der Waals surface area contributed by atoms with E-state index in [-0.39, 0.29) is 11.5 Å². The molecule has 0 saturated carbocycles. The van der Waals surface area contributed by atoms with Gasteiger partial charge in [-0.3, -0.25) is 14.2 Å². The summed E-state index contributed by atoms with van der Waals surface area (Å²) in [6, 6.07) is 15.2. The average Bonchev–Trinajstić information content (AvgIpc) is 2.73. The van der Waals surface area contributed by atoms with Crippen molar-refractivity contribution in [3.8, 4) is 5.69 Å². The van der Waals surface area contributed by atoms with Crippen molar-refractivity contribution in [3.63, 3.8) is 0 Å². The van der Waals surface area contributed by atoms with E-state index < -0.39 is 5.25 Å². The second-order valence-electron chi connectivity index (χ2n) is 6.74. The molecule has 2 aromatic carbocycles. The lowest BCUT2D eigenvalue weighted by atomic mass is 9.98. The summed E-state index contributed by atoms with van der Waals surface area (Å²) in [5.74, 6) is 0.0970. The molecule has 0 aliphatic heterocycles. The minimum Gasteiger partial charge on any atom is -0.468 e. The predicted octanol–water partition coefficient (Wildman–Crippen LogP) is 4.55. The summed E-state index contributed by atoms with van der Waals surface area (Å²) in [7, 11) is 1.36. The molecule has 5 nitrogen and oxygen atoms in total. The Morgan fingerprint density at radius 3 is 2.46 bits per heavy atom. The topological polar surface area (TPSA) is 61.2 Å². The first-order valence-electron chi connectivity index (χ1n) is 9.32. The van der Waals surface area contributed by atoms with E-state index in [1.165, 1.54) is 24.4 Å². The smallest absolute Gasteiger partial charge is 0.318 e. The van der Waals surface area contributed by atoms with Gasteiger partial charge in [-0.1, -0.05) is 49.9 Å². The molecular weight excluding hydrogens is 372 g/mol. The standard InChI is InChI=1S/C22H24N2O3S/c1-5-14(2)16-10-12-17(13-11-16)24-20(25)18-8-6-7-9-19(18)23-22(24)28-15(3)21(26)27-4/h6-15H,5H2,1-4H3/t14-,15-/m0/s1. The van der Waals surface area contributed by atoms with Gasteiger partial charge in [-0.15, -0.1) is 0 Å². The predicted molar refractivity (Wildman–Crippen MR) is 113 cm³/mol. The highest BCUT2D eigenvalue weighted by atomic mass is 32.2. The number of ether oxygens (including phenoxy) is 1. The maximum Gasteiger partial charge on any atom is 0.318 e. The number of carbonyl (C=O) groups is 1. The maximum atomic E-state index is 13.2. The number of aromatic nitrogens is 2. The number of thioether (sulfide) groups is 1. The van der Waals surface area contributed by atoms with Gasteiger partial charge in [-0.2, -0.15) is 0 Å². The molecule has 0 N–H and O–H groups in total. The van der Waals surface area contributed by atoms with Crippen LogP contribution in [0.25, 0.3) is 16.6 Å². The number of carbonyl (C=O) groups excluding carboxylic acids is 1. The third kappa shape index (κ3) is 3.97. The van der Waals surface area contributed by atoms with Crippen LogP contribution in [0.1, 0.15) is 38.7 Å². The molecule has 1 heterocycles. The quantitative estimate of drug-likeness (QED) is 0.347. The van der Waals surface area contributed by atoms with Gasteiger partial charge in [-0.05, 0) is 49.1 Å². The molecule has 1 aromatic heterocycles. The fourth-order valence-corrected chi connectivity index (χ4v) is 3.93. The van der Waals surface area contributed by atoms with Crippen LogP contribution in [0.5, 0.6) is 0 Å². The number of hydrogen-bond donors (Lipinski definition) is 0. The zero-order valence-electron chi connectivity index (χ0n) is 16.5. The first-order chi connectivity index (χ1) is 13.5. The molecule has 3 rings (SSSR count). The Balaban J connectivity index is 2.16. The summed E-state index contributed by atoms with van der Waals surface area (Å²) in [5.41, 5.74) is 2.42. The molecule has 0 aliphatic rings. The van der Waals surface area contributed by atoms with Crippen molar-refractivity contribution < 1.29 is 9.53 Å². The summed E-state index contributed by atoms with van der Waals surface area (Å²) in [4.78, 5) is 29.8. The maximum absolute atomic E-state index is 13.2. The van der Waals surface area contributed by atoms with Gasteiger partial charge >= 0.3 is 5.97 Å². The molecule has 146 valence electrons. The van der Waals surface area contributed by atoms with Crippen LogP contribution in [0.4, 0.5) is 0 Å². The summed E-state index contributed by atoms with van der Waals surface area (Å²) >= 11 is 1.22. The number of fused-ring (bicyclic) bond motifs is 1. The van der Waals surface area contributed by atoms with E-state index in [2.05, 4.69) is 18.8 Å². The van der Waals surface area contributed by atoms with Crippen LogP contribution in [0.2, 0.25) is 0 Å². The van der Waals surface area contributed by atoms with E-state index in [9.17, 15) is 9.59 Å². The Morgan fingerprint density at radius 2 is 1.82 bits per heavy atom. The molecule has 0 spiro atoms. The molecule has 0 unspecified atom stereocenters. The van der Waals surface area contributed by atoms with Crippen molar-refractivity contribution in [1.82, 2.24) is 9.55 Å². The van der Waals surface area contributed by atoms with E-state index in [0.29, 0.717) is 22.0 Å². The highest BCUT2D eigenvalue weighted by Crippen LogP contribution is 2.27. The van der Waals surface area contributed by atoms with E-state index >= 15 is 0 Å². The van der Waals surface area contributed by atoms with Gasteiger partial charge in [0, 0.05) is 0 Å². The van der Waals surface area contributed by atoms with Gasteiger partial charge in [0.1, 0.15) is 5.25 Å². The number of para-hydroxylation sites is 1. The minimum absolute atomic E-state index is 0.151. The monoisotopic (exact) mass is 396 g/mol. The minimum atomic E-state index is -0.483. The van der Waals surface area contributed by atoms with E-state index in [1.807, 2.05) is 36.4 Å². The van der Waals surface area contributed by atoms with E-state index in [0.717, 1.165) is 12.1 Å². The largest absolute Gasteiger partial charge is 0.468 e. The second-order valence-corrected chi connectivity index (χ2v) is 8.04. The van der Waals surface area contributed by atoms with E-state index in [1.54, 1.807) is 23.6 Å². The van der Waals surface area contributed by atoms with Gasteiger partial charge in [-0.25, -0.2) is 4.98 Å². The van der Waals surface area contributed by atoms with Crippen LogP contribution in [-0.2, 0) is 9.53 Å². The fourth-order valence-electron chi connectivity index (χ4n) is 2.98. The number of nitrogens with zero attached hydrogens (tertiary/aromatic N) is 2. The van der Waals surface area contributed by atoms with Crippen LogP contribution in [0.15, 0.2) is 58.5 Å². The van der Waals surface area contributed by atoms with Gasteiger partial charge in [0.05, 0.1) is 23.7 Å². The van der Waals surface area contributed by atoms with Gasteiger partial charge in [0.2, 0.25) is 0 Å². The van der Waals surface area contributed by atoms with E-state index in [4.69, 9.17) is 4.74 Å². The first-order valence-corrected chi connectivity index (χ1v) is 10.2. The van der Waals surface area contributed by atoms with Crippen molar-refractivity contribution >= 4 is 28.6 Å². The lowest BCUT2D eigenvalue weighted by Crippen LogP contribution is -2.24. The lowest BCUT2D eigenvalue weighted by Gasteiger charge is -2.16. The van der Waals surface area contributed by atoms with Crippen LogP contribution in [0, 0.1) is 0 Å². The molecule has 0 fully saturated rings. The number of hydrogen-bond acceptors (Lipinski definition) is 5. The Bertz CT molecular complexity index is 1040.